The fourth-order valence-corrected chi connectivity index (χ4v) is 3.04. The Balaban J connectivity index is 1.83. The van der Waals surface area contributed by atoms with Crippen LogP contribution in [0.1, 0.15) is 16.8 Å². The van der Waals surface area contributed by atoms with Crippen LogP contribution >= 0.6 is 15.9 Å². The molecule has 0 atom stereocenters. The van der Waals surface area contributed by atoms with Gasteiger partial charge in [0.15, 0.2) is 5.65 Å². The van der Waals surface area contributed by atoms with Crippen LogP contribution in [0.25, 0.3) is 11.0 Å². The molecule has 1 aromatic carbocycles. The number of rotatable bonds is 3. The van der Waals surface area contributed by atoms with Gasteiger partial charge in [0.25, 0.3) is 0 Å². The monoisotopic (exact) mass is 344 g/mol. The summed E-state index contributed by atoms with van der Waals surface area (Å²) in [6.45, 7) is 4.83. The fraction of sp³-hybridized carbons (Fsp3) is 0.250. The van der Waals surface area contributed by atoms with E-state index >= 15 is 0 Å². The number of anilines is 1. The van der Waals surface area contributed by atoms with E-state index in [1.54, 1.807) is 0 Å². The van der Waals surface area contributed by atoms with E-state index in [1.807, 2.05) is 24.9 Å². The van der Waals surface area contributed by atoms with Crippen LogP contribution in [-0.4, -0.2) is 14.8 Å². The van der Waals surface area contributed by atoms with Gasteiger partial charge < -0.3 is 5.32 Å². The minimum atomic E-state index is 0.735. The summed E-state index contributed by atoms with van der Waals surface area (Å²) >= 11 is 3.58. The zero-order chi connectivity index (χ0) is 15.0. The summed E-state index contributed by atoms with van der Waals surface area (Å²) in [6.07, 6.45) is 1.90. The number of nitrogens with zero attached hydrogens (tertiary/aromatic N) is 3. The molecule has 0 fully saturated rings. The molecule has 21 heavy (non-hydrogen) atoms. The van der Waals surface area contributed by atoms with Crippen LogP contribution < -0.4 is 5.32 Å². The number of nitrogens with one attached hydrogen (secondary N) is 1. The number of benzene rings is 1. The van der Waals surface area contributed by atoms with E-state index in [9.17, 15) is 0 Å². The van der Waals surface area contributed by atoms with Gasteiger partial charge in [-0.1, -0.05) is 6.07 Å². The molecule has 0 aliphatic carbocycles. The largest absolute Gasteiger partial charge is 0.380 e. The summed E-state index contributed by atoms with van der Waals surface area (Å²) in [5.41, 5.74) is 5.40. The molecule has 4 nitrogen and oxygen atoms in total. The number of pyridine rings is 1. The summed E-state index contributed by atoms with van der Waals surface area (Å²) in [5, 5.41) is 8.94. The van der Waals surface area contributed by atoms with Gasteiger partial charge >= 0.3 is 0 Å². The highest BCUT2D eigenvalue weighted by Crippen LogP contribution is 2.24. The molecule has 0 radical (unpaired) electrons. The maximum atomic E-state index is 4.50. The average molecular weight is 345 g/mol. The Labute approximate surface area is 132 Å². The Hall–Kier alpha value is -1.88. The Morgan fingerprint density at radius 3 is 2.81 bits per heavy atom. The lowest BCUT2D eigenvalue weighted by atomic mass is 10.2. The maximum absolute atomic E-state index is 4.50. The predicted octanol–water partition coefficient (Wildman–Crippen LogP) is 3.96. The molecule has 2 aromatic heterocycles. The molecule has 5 heteroatoms. The molecule has 0 amide bonds. The van der Waals surface area contributed by atoms with E-state index in [0.717, 1.165) is 39.0 Å². The van der Waals surface area contributed by atoms with Crippen molar-refractivity contribution in [1.82, 2.24) is 14.8 Å². The molecular formula is C16H17BrN4. The van der Waals surface area contributed by atoms with Gasteiger partial charge in [0, 0.05) is 35.3 Å². The van der Waals surface area contributed by atoms with Crippen molar-refractivity contribution >= 4 is 32.7 Å². The molecule has 0 saturated carbocycles. The van der Waals surface area contributed by atoms with Crippen molar-refractivity contribution in [2.75, 3.05) is 5.32 Å². The Morgan fingerprint density at radius 2 is 2.05 bits per heavy atom. The zero-order valence-electron chi connectivity index (χ0n) is 12.3. The summed E-state index contributed by atoms with van der Waals surface area (Å²) in [6, 6.07) is 8.44. The van der Waals surface area contributed by atoms with Crippen LogP contribution in [0.3, 0.4) is 0 Å². The summed E-state index contributed by atoms with van der Waals surface area (Å²) in [4.78, 5) is 4.50. The van der Waals surface area contributed by atoms with Crippen molar-refractivity contribution in [2.45, 2.75) is 20.4 Å². The van der Waals surface area contributed by atoms with Crippen LogP contribution in [0.4, 0.5) is 5.69 Å². The van der Waals surface area contributed by atoms with Crippen LogP contribution in [0.2, 0.25) is 0 Å². The Morgan fingerprint density at radius 1 is 1.24 bits per heavy atom. The SMILES string of the molecule is Cc1ccc(NCc2cnc3c(c2)c(C)nn3C)c(Br)c1. The first-order chi connectivity index (χ1) is 10.0. The lowest BCUT2D eigenvalue weighted by Gasteiger charge is -2.09. The van der Waals surface area contributed by atoms with Gasteiger partial charge in [0.2, 0.25) is 0 Å². The molecule has 108 valence electrons. The number of fused-ring (bicyclic) bond motifs is 1. The van der Waals surface area contributed by atoms with Gasteiger partial charge in [-0.3, -0.25) is 4.68 Å². The molecule has 0 aliphatic rings. The molecule has 2 heterocycles. The second-order valence-electron chi connectivity index (χ2n) is 5.26. The third-order valence-corrected chi connectivity index (χ3v) is 4.18. The topological polar surface area (TPSA) is 42.7 Å². The fourth-order valence-electron chi connectivity index (χ4n) is 2.41. The number of hydrogen-bond acceptors (Lipinski definition) is 3. The normalized spacial score (nSPS) is 11.0. The molecule has 0 spiro atoms. The molecule has 0 bridgehead atoms. The van der Waals surface area contributed by atoms with Crippen LogP contribution in [0, 0.1) is 13.8 Å². The minimum absolute atomic E-state index is 0.735. The highest BCUT2D eigenvalue weighted by atomic mass is 79.9. The van der Waals surface area contributed by atoms with Crippen molar-refractivity contribution in [3.8, 4) is 0 Å². The highest BCUT2D eigenvalue weighted by Gasteiger charge is 2.07. The van der Waals surface area contributed by atoms with Crippen LogP contribution in [0.15, 0.2) is 34.9 Å². The van der Waals surface area contributed by atoms with E-state index in [0.29, 0.717) is 0 Å². The molecule has 3 rings (SSSR count). The second kappa shape index (κ2) is 5.48. The van der Waals surface area contributed by atoms with Gasteiger partial charge in [-0.25, -0.2) is 4.98 Å². The quantitative estimate of drug-likeness (QED) is 0.781. The van der Waals surface area contributed by atoms with Crippen LogP contribution in [-0.2, 0) is 13.6 Å². The predicted molar refractivity (Wildman–Crippen MR) is 89.5 cm³/mol. The molecule has 0 aliphatic heterocycles. The molecule has 3 aromatic rings. The Bertz CT molecular complexity index is 807. The third kappa shape index (κ3) is 2.78. The van der Waals surface area contributed by atoms with E-state index in [2.05, 4.69) is 62.5 Å². The molecule has 1 N–H and O–H groups in total. The van der Waals surface area contributed by atoms with Crippen LogP contribution in [0.5, 0.6) is 0 Å². The lowest BCUT2D eigenvalue weighted by molar-refractivity contribution is 0.773. The van der Waals surface area contributed by atoms with E-state index in [1.165, 1.54) is 5.56 Å². The first-order valence-electron chi connectivity index (χ1n) is 6.83. The zero-order valence-corrected chi connectivity index (χ0v) is 13.9. The molecule has 0 saturated heterocycles. The number of halogens is 1. The van der Waals surface area contributed by atoms with Gasteiger partial charge in [-0.2, -0.15) is 5.10 Å². The average Bonchev–Trinajstić information content (AvgIpc) is 2.73. The number of aryl methyl sites for hydroxylation is 3. The minimum Gasteiger partial charge on any atom is -0.380 e. The number of aromatic nitrogens is 3. The van der Waals surface area contributed by atoms with Crippen molar-refractivity contribution in [3.05, 3.63) is 51.8 Å². The van der Waals surface area contributed by atoms with Gasteiger partial charge in [0.05, 0.1) is 5.69 Å². The smallest absolute Gasteiger partial charge is 0.157 e. The summed E-state index contributed by atoms with van der Waals surface area (Å²) < 4.78 is 2.90. The van der Waals surface area contributed by atoms with Crippen molar-refractivity contribution < 1.29 is 0 Å². The lowest BCUT2D eigenvalue weighted by Crippen LogP contribution is -2.01. The van der Waals surface area contributed by atoms with Gasteiger partial charge in [0.1, 0.15) is 0 Å². The first kappa shape index (κ1) is 14.1. The van der Waals surface area contributed by atoms with E-state index in [-0.39, 0.29) is 0 Å². The highest BCUT2D eigenvalue weighted by molar-refractivity contribution is 9.10. The second-order valence-corrected chi connectivity index (χ2v) is 6.11. The van der Waals surface area contributed by atoms with Crippen molar-refractivity contribution in [2.24, 2.45) is 7.05 Å². The third-order valence-electron chi connectivity index (χ3n) is 3.53. The van der Waals surface area contributed by atoms with E-state index < -0.39 is 0 Å². The van der Waals surface area contributed by atoms with Crippen molar-refractivity contribution in [3.63, 3.8) is 0 Å². The van der Waals surface area contributed by atoms with Crippen molar-refractivity contribution in [1.29, 1.82) is 0 Å². The molecule has 0 unspecified atom stereocenters. The molecular weight excluding hydrogens is 328 g/mol. The standard InChI is InChI=1S/C16H17BrN4/c1-10-4-5-15(14(17)6-10)18-8-12-7-13-11(2)20-21(3)16(13)19-9-12/h4-7,9,18H,8H2,1-3H3. The summed E-state index contributed by atoms with van der Waals surface area (Å²) in [7, 11) is 1.92. The Kier molecular flexibility index (Phi) is 3.68. The number of hydrogen-bond donors (Lipinski definition) is 1. The van der Waals surface area contributed by atoms with Gasteiger partial charge in [-0.15, -0.1) is 0 Å². The van der Waals surface area contributed by atoms with E-state index in [4.69, 9.17) is 0 Å². The summed E-state index contributed by atoms with van der Waals surface area (Å²) in [5.74, 6) is 0. The maximum Gasteiger partial charge on any atom is 0.157 e. The van der Waals surface area contributed by atoms with Gasteiger partial charge in [-0.05, 0) is 59.1 Å². The first-order valence-corrected chi connectivity index (χ1v) is 7.62.